The number of halogens is 3. The van der Waals surface area contributed by atoms with Gasteiger partial charge in [0, 0.05) is 24.6 Å². The fourth-order valence-corrected chi connectivity index (χ4v) is 3.76. The van der Waals surface area contributed by atoms with Crippen LogP contribution in [0.5, 0.6) is 0 Å². The lowest BCUT2D eigenvalue weighted by atomic mass is 10.1. The number of carbonyl (C=O) groups is 1. The molecular formula is C22H18F3N3O2. The van der Waals surface area contributed by atoms with E-state index in [1.54, 1.807) is 51.4 Å². The number of rotatable bonds is 2. The van der Waals surface area contributed by atoms with Crippen LogP contribution in [-0.4, -0.2) is 14.9 Å². The molecule has 0 aliphatic carbocycles. The van der Waals surface area contributed by atoms with Gasteiger partial charge in [0.15, 0.2) is 0 Å². The van der Waals surface area contributed by atoms with Crippen LogP contribution in [0.15, 0.2) is 53.1 Å². The molecule has 1 aliphatic heterocycles. The van der Waals surface area contributed by atoms with Crippen LogP contribution in [0.3, 0.4) is 0 Å². The van der Waals surface area contributed by atoms with Crippen molar-refractivity contribution in [3.63, 3.8) is 0 Å². The quantitative estimate of drug-likeness (QED) is 0.631. The van der Waals surface area contributed by atoms with E-state index >= 15 is 0 Å². The van der Waals surface area contributed by atoms with Gasteiger partial charge >= 0.3 is 6.18 Å². The minimum Gasteiger partial charge on any atom is -0.351 e. The number of pyridine rings is 1. The van der Waals surface area contributed by atoms with E-state index in [1.165, 1.54) is 21.3 Å². The molecule has 1 aromatic carbocycles. The first-order chi connectivity index (χ1) is 14.1. The second-order valence-electron chi connectivity index (χ2n) is 7.21. The zero-order valence-corrected chi connectivity index (χ0v) is 16.5. The molecule has 3 heterocycles. The predicted octanol–water partition coefficient (Wildman–Crippen LogP) is 4.46. The van der Waals surface area contributed by atoms with Crippen LogP contribution in [0, 0.1) is 13.8 Å². The van der Waals surface area contributed by atoms with E-state index in [4.69, 9.17) is 0 Å². The Morgan fingerprint density at radius 3 is 2.47 bits per heavy atom. The first-order valence-electron chi connectivity index (χ1n) is 9.18. The van der Waals surface area contributed by atoms with Crippen molar-refractivity contribution in [1.82, 2.24) is 9.13 Å². The normalized spacial score (nSPS) is 14.9. The van der Waals surface area contributed by atoms with Crippen LogP contribution in [0.2, 0.25) is 0 Å². The van der Waals surface area contributed by atoms with Gasteiger partial charge in [0.1, 0.15) is 5.56 Å². The van der Waals surface area contributed by atoms with Crippen molar-refractivity contribution in [3.8, 4) is 5.69 Å². The van der Waals surface area contributed by atoms with Gasteiger partial charge in [-0.05, 0) is 49.8 Å². The van der Waals surface area contributed by atoms with E-state index in [0.717, 1.165) is 6.07 Å². The molecule has 0 saturated carbocycles. The summed E-state index contributed by atoms with van der Waals surface area (Å²) in [5.74, 6) is -0.438. The minimum atomic E-state index is -4.50. The molecule has 0 amide bonds. The number of aryl methyl sites for hydroxylation is 2. The van der Waals surface area contributed by atoms with E-state index in [0.29, 0.717) is 22.6 Å². The summed E-state index contributed by atoms with van der Waals surface area (Å²) < 4.78 is 43.3. The predicted molar refractivity (Wildman–Crippen MR) is 108 cm³/mol. The number of allylic oxidation sites excluding steroid dienone is 1. The first-order valence-corrected chi connectivity index (χ1v) is 9.18. The van der Waals surface area contributed by atoms with Gasteiger partial charge in [-0.2, -0.15) is 13.2 Å². The molecule has 0 saturated heterocycles. The average Bonchev–Trinajstić information content (AvgIpc) is 3.14. The third-order valence-corrected chi connectivity index (χ3v) is 5.23. The summed E-state index contributed by atoms with van der Waals surface area (Å²) in [6, 6.07) is 8.71. The van der Waals surface area contributed by atoms with Gasteiger partial charge in [-0.3, -0.25) is 9.59 Å². The highest BCUT2D eigenvalue weighted by Gasteiger charge is 2.34. The summed E-state index contributed by atoms with van der Waals surface area (Å²) >= 11 is 0. The Morgan fingerprint density at radius 1 is 1.07 bits per heavy atom. The van der Waals surface area contributed by atoms with E-state index in [2.05, 4.69) is 5.32 Å². The summed E-state index contributed by atoms with van der Waals surface area (Å²) in [6.45, 7) is 3.40. The number of alkyl halides is 3. The molecule has 2 aromatic heterocycles. The number of ketones is 1. The second kappa shape index (κ2) is 6.76. The standard InChI is InChI=1S/C22H18F3N3O2/c1-12-10-14(11-17-20(29)19-16(26-17)8-9-27(3)21(19)30)13(2)28(12)18-7-5-4-6-15(18)22(23,24)25/h4-11,26H,1-3H3/b17-11+. The number of nitrogens with zero attached hydrogens (tertiary/aromatic N) is 2. The highest BCUT2D eigenvalue weighted by atomic mass is 19.4. The van der Waals surface area contributed by atoms with E-state index in [9.17, 15) is 22.8 Å². The van der Waals surface area contributed by atoms with E-state index in [-0.39, 0.29) is 16.9 Å². The molecular weight excluding hydrogens is 395 g/mol. The van der Waals surface area contributed by atoms with Crippen molar-refractivity contribution in [3.05, 3.63) is 86.7 Å². The molecule has 1 N–H and O–H groups in total. The fourth-order valence-electron chi connectivity index (χ4n) is 3.76. The lowest BCUT2D eigenvalue weighted by molar-refractivity contribution is -0.137. The number of anilines is 1. The van der Waals surface area contributed by atoms with Gasteiger partial charge < -0.3 is 14.5 Å². The van der Waals surface area contributed by atoms with Crippen molar-refractivity contribution in [1.29, 1.82) is 0 Å². The Bertz CT molecular complexity index is 1280. The summed E-state index contributed by atoms with van der Waals surface area (Å²) in [4.78, 5) is 25.0. The number of nitrogens with one attached hydrogen (secondary N) is 1. The van der Waals surface area contributed by atoms with Crippen molar-refractivity contribution < 1.29 is 18.0 Å². The van der Waals surface area contributed by atoms with Crippen molar-refractivity contribution >= 4 is 17.5 Å². The monoisotopic (exact) mass is 413 g/mol. The molecule has 5 nitrogen and oxygen atoms in total. The Hall–Kier alpha value is -3.55. The maximum Gasteiger partial charge on any atom is 0.418 e. The van der Waals surface area contributed by atoms with Gasteiger partial charge in [-0.25, -0.2) is 0 Å². The second-order valence-corrected chi connectivity index (χ2v) is 7.21. The number of benzene rings is 1. The zero-order valence-electron chi connectivity index (χ0n) is 16.5. The number of para-hydroxylation sites is 1. The van der Waals surface area contributed by atoms with Crippen molar-refractivity contribution in [2.75, 3.05) is 5.32 Å². The van der Waals surface area contributed by atoms with E-state index in [1.807, 2.05) is 0 Å². The average molecular weight is 413 g/mol. The topological polar surface area (TPSA) is 56.0 Å². The van der Waals surface area contributed by atoms with Gasteiger partial charge in [0.25, 0.3) is 5.56 Å². The maximum atomic E-state index is 13.5. The van der Waals surface area contributed by atoms with Gasteiger partial charge in [-0.1, -0.05) is 12.1 Å². The van der Waals surface area contributed by atoms with Gasteiger partial charge in [-0.15, -0.1) is 0 Å². The number of hydrogen-bond acceptors (Lipinski definition) is 3. The third-order valence-electron chi connectivity index (χ3n) is 5.23. The van der Waals surface area contributed by atoms with Crippen LogP contribution in [0.25, 0.3) is 11.8 Å². The molecule has 0 unspecified atom stereocenters. The van der Waals surface area contributed by atoms with Crippen LogP contribution in [0.4, 0.5) is 18.9 Å². The SMILES string of the molecule is Cc1cc(/C=C2/Nc3ccn(C)c(=O)c3C2=O)c(C)n1-c1ccccc1C(F)(F)F. The maximum absolute atomic E-state index is 13.5. The number of fused-ring (bicyclic) bond motifs is 1. The minimum absolute atomic E-state index is 0.0208. The number of Topliss-reactive ketones (excluding diaryl/α,β-unsaturated/α-hetero) is 1. The molecule has 154 valence electrons. The summed E-state index contributed by atoms with van der Waals surface area (Å²) in [5.41, 5.74) is 1.29. The molecule has 1 aliphatic rings. The van der Waals surface area contributed by atoms with E-state index < -0.39 is 23.1 Å². The zero-order chi connectivity index (χ0) is 21.8. The van der Waals surface area contributed by atoms with Crippen molar-refractivity contribution in [2.24, 2.45) is 7.05 Å². The summed E-state index contributed by atoms with van der Waals surface area (Å²) in [5, 5.41) is 2.94. The van der Waals surface area contributed by atoms with Crippen LogP contribution >= 0.6 is 0 Å². The molecule has 0 spiro atoms. The number of carbonyl (C=O) groups excluding carboxylic acids is 1. The molecule has 8 heteroatoms. The van der Waals surface area contributed by atoms with Gasteiger partial charge in [0.05, 0.1) is 22.6 Å². The number of hydrogen-bond donors (Lipinski definition) is 1. The molecule has 0 atom stereocenters. The Morgan fingerprint density at radius 2 is 1.77 bits per heavy atom. The lowest BCUT2D eigenvalue weighted by Gasteiger charge is -2.16. The molecule has 30 heavy (non-hydrogen) atoms. The molecule has 0 fully saturated rings. The molecule has 0 radical (unpaired) electrons. The molecule has 3 aromatic rings. The Balaban J connectivity index is 1.81. The Labute approximate surface area is 170 Å². The fraction of sp³-hybridized carbons (Fsp3) is 0.182. The molecule has 4 rings (SSSR count). The lowest BCUT2D eigenvalue weighted by Crippen LogP contribution is -2.21. The summed E-state index contributed by atoms with van der Waals surface area (Å²) in [6.07, 6.45) is -1.37. The molecule has 0 bridgehead atoms. The van der Waals surface area contributed by atoms with Crippen LogP contribution in [-0.2, 0) is 13.2 Å². The third kappa shape index (κ3) is 3.04. The Kier molecular flexibility index (Phi) is 4.45. The van der Waals surface area contributed by atoms with Crippen LogP contribution < -0.4 is 10.9 Å². The summed E-state index contributed by atoms with van der Waals surface area (Å²) in [7, 11) is 1.56. The van der Waals surface area contributed by atoms with Crippen LogP contribution in [0.1, 0.15) is 32.9 Å². The highest BCUT2D eigenvalue weighted by molar-refractivity contribution is 6.20. The van der Waals surface area contributed by atoms with Crippen molar-refractivity contribution in [2.45, 2.75) is 20.0 Å². The smallest absolute Gasteiger partial charge is 0.351 e. The van der Waals surface area contributed by atoms with Gasteiger partial charge in [0.2, 0.25) is 5.78 Å². The largest absolute Gasteiger partial charge is 0.418 e. The number of aromatic nitrogens is 2. The highest BCUT2D eigenvalue weighted by Crippen LogP contribution is 2.36. The first kappa shape index (κ1) is 19.8.